The number of hydrogen-bond acceptors (Lipinski definition) is 5. The summed E-state index contributed by atoms with van der Waals surface area (Å²) < 4.78 is 25.6. The Morgan fingerprint density at radius 2 is 1.62 bits per heavy atom. The van der Waals surface area contributed by atoms with Gasteiger partial charge in [-0.2, -0.15) is 0 Å². The lowest BCUT2D eigenvalue weighted by atomic mass is 9.99. The van der Waals surface area contributed by atoms with Crippen LogP contribution >= 0.6 is 0 Å². The van der Waals surface area contributed by atoms with Crippen LogP contribution in [0.5, 0.6) is 5.75 Å². The van der Waals surface area contributed by atoms with Gasteiger partial charge in [0.25, 0.3) is 5.91 Å². The molecule has 0 spiro atoms. The predicted molar refractivity (Wildman–Crippen MR) is 158 cm³/mol. The van der Waals surface area contributed by atoms with Gasteiger partial charge in [-0.05, 0) is 47.9 Å². The number of fused-ring (bicyclic) bond motifs is 2. The van der Waals surface area contributed by atoms with E-state index in [2.05, 4.69) is 10.3 Å². The zero-order valence-electron chi connectivity index (χ0n) is 22.9. The van der Waals surface area contributed by atoms with Crippen molar-refractivity contribution in [2.75, 3.05) is 11.9 Å². The highest BCUT2D eigenvalue weighted by atomic mass is 19.1. The molecule has 0 saturated carbocycles. The number of ether oxygens (including phenoxy) is 2. The summed E-state index contributed by atoms with van der Waals surface area (Å²) in [7, 11) is 0. The number of hydrogen-bond donors (Lipinski definition) is 1. The topological polar surface area (TPSA) is 80.8 Å². The molecule has 2 heterocycles. The lowest BCUT2D eigenvalue weighted by Gasteiger charge is -2.23. The number of benzene rings is 4. The molecule has 0 unspecified atom stereocenters. The molecule has 0 radical (unpaired) electrons. The highest BCUT2D eigenvalue weighted by molar-refractivity contribution is 6.13. The Labute approximate surface area is 242 Å². The average molecular weight is 562 g/mol. The lowest BCUT2D eigenvalue weighted by molar-refractivity contribution is 0.0762. The molecule has 0 saturated heterocycles. The van der Waals surface area contributed by atoms with Crippen LogP contribution in [-0.4, -0.2) is 28.5 Å². The van der Waals surface area contributed by atoms with Crippen molar-refractivity contribution in [3.63, 3.8) is 0 Å². The fraction of sp³-hybridized carbons (Fsp3) is 0.147. The number of carbonyl (C=O) groups is 2. The fourth-order valence-electron chi connectivity index (χ4n) is 5.30. The third-order valence-electron chi connectivity index (χ3n) is 7.20. The first kappa shape index (κ1) is 27.0. The van der Waals surface area contributed by atoms with Crippen LogP contribution in [0.15, 0.2) is 103 Å². The molecule has 0 bridgehead atoms. The number of amides is 2. The monoisotopic (exact) mass is 561 g/mol. The third kappa shape index (κ3) is 5.26. The molecule has 0 fully saturated rings. The third-order valence-corrected chi connectivity index (χ3v) is 7.20. The van der Waals surface area contributed by atoms with Crippen LogP contribution in [0.2, 0.25) is 0 Å². The Balaban J connectivity index is 1.52. The van der Waals surface area contributed by atoms with Gasteiger partial charge in [-0.25, -0.2) is 9.18 Å². The molecular formula is C34H28FN3O4. The van der Waals surface area contributed by atoms with Crippen molar-refractivity contribution < 1.29 is 23.5 Å². The molecule has 1 aliphatic rings. The van der Waals surface area contributed by atoms with Crippen LogP contribution in [0.25, 0.3) is 10.9 Å². The summed E-state index contributed by atoms with van der Waals surface area (Å²) in [5.41, 5.74) is 4.40. The van der Waals surface area contributed by atoms with E-state index in [0.29, 0.717) is 33.5 Å². The molecule has 0 atom stereocenters. The summed E-state index contributed by atoms with van der Waals surface area (Å²) in [6.07, 6.45) is 0.463. The summed E-state index contributed by atoms with van der Waals surface area (Å²) >= 11 is 0. The van der Waals surface area contributed by atoms with E-state index in [9.17, 15) is 14.0 Å². The van der Waals surface area contributed by atoms with Crippen LogP contribution in [0.3, 0.4) is 0 Å². The van der Waals surface area contributed by atoms with E-state index in [-0.39, 0.29) is 31.4 Å². The molecule has 7 nitrogen and oxygen atoms in total. The van der Waals surface area contributed by atoms with Crippen LogP contribution in [0.4, 0.5) is 14.9 Å². The molecule has 1 N–H and O–H groups in total. The Morgan fingerprint density at radius 1 is 0.952 bits per heavy atom. The Morgan fingerprint density at radius 3 is 2.26 bits per heavy atom. The van der Waals surface area contributed by atoms with Crippen molar-refractivity contribution in [3.05, 3.63) is 137 Å². The van der Waals surface area contributed by atoms with Crippen molar-refractivity contribution >= 4 is 28.6 Å². The largest absolute Gasteiger partial charge is 0.478 e. The minimum atomic E-state index is -0.630. The molecule has 4 aromatic carbocycles. The van der Waals surface area contributed by atoms with Gasteiger partial charge < -0.3 is 14.4 Å². The summed E-state index contributed by atoms with van der Waals surface area (Å²) in [4.78, 5) is 33.1. The molecule has 42 heavy (non-hydrogen) atoms. The molecule has 6 rings (SSSR count). The van der Waals surface area contributed by atoms with Gasteiger partial charge in [0.05, 0.1) is 17.9 Å². The van der Waals surface area contributed by atoms with Crippen molar-refractivity contribution in [3.8, 4) is 5.75 Å². The van der Waals surface area contributed by atoms with E-state index >= 15 is 0 Å². The van der Waals surface area contributed by atoms with Gasteiger partial charge in [0.2, 0.25) is 0 Å². The summed E-state index contributed by atoms with van der Waals surface area (Å²) in [5, 5.41) is 3.48. The smallest absolute Gasteiger partial charge is 0.411 e. The second-order valence-corrected chi connectivity index (χ2v) is 9.91. The zero-order chi connectivity index (χ0) is 29.1. The van der Waals surface area contributed by atoms with E-state index in [0.717, 1.165) is 16.7 Å². The van der Waals surface area contributed by atoms with E-state index in [1.165, 1.54) is 12.1 Å². The summed E-state index contributed by atoms with van der Waals surface area (Å²) in [6.45, 7) is 2.37. The van der Waals surface area contributed by atoms with Crippen LogP contribution in [0.1, 0.15) is 45.6 Å². The van der Waals surface area contributed by atoms with Gasteiger partial charge in [0, 0.05) is 30.2 Å². The van der Waals surface area contributed by atoms with E-state index in [1.54, 1.807) is 36.2 Å². The van der Waals surface area contributed by atoms with E-state index in [4.69, 9.17) is 9.47 Å². The average Bonchev–Trinajstić information content (AvgIpc) is 3.34. The van der Waals surface area contributed by atoms with Gasteiger partial charge >= 0.3 is 6.09 Å². The molecule has 5 aromatic rings. The number of halogens is 1. The maximum atomic E-state index is 14.2. The van der Waals surface area contributed by atoms with Gasteiger partial charge in [-0.15, -0.1) is 0 Å². The van der Waals surface area contributed by atoms with Crippen LogP contribution < -0.4 is 10.1 Å². The first-order valence-electron chi connectivity index (χ1n) is 13.7. The number of carbonyl (C=O) groups excluding carboxylic acids is 2. The normalized spacial score (nSPS) is 12.5. The Bertz CT molecular complexity index is 1710. The number of nitrogens with one attached hydrogen (secondary N) is 1. The molecule has 0 aliphatic carbocycles. The van der Waals surface area contributed by atoms with Crippen LogP contribution in [0, 0.1) is 5.82 Å². The van der Waals surface area contributed by atoms with E-state index < -0.39 is 12.2 Å². The standard InChI is InChI=1S/C34H28FN3O4/c1-2-41-34(40)37-29-26-14-9-19-36-30(26)32(42-31(23-10-5-3-6-11-23)24-12-7-4-8-13-24)28-27(29)21-38(33(28)39)20-22-15-17-25(35)18-16-22/h3-19,31H,2,20-21H2,1H3,(H,37,40). The zero-order valence-corrected chi connectivity index (χ0v) is 22.9. The lowest BCUT2D eigenvalue weighted by Crippen LogP contribution is -2.23. The Kier molecular flexibility index (Phi) is 7.51. The number of aromatic nitrogens is 1. The van der Waals surface area contributed by atoms with Gasteiger partial charge in [0.15, 0.2) is 5.75 Å². The molecule has 1 aromatic heterocycles. The van der Waals surface area contributed by atoms with Crippen molar-refractivity contribution in [1.29, 1.82) is 0 Å². The second-order valence-electron chi connectivity index (χ2n) is 9.91. The first-order chi connectivity index (χ1) is 20.5. The summed E-state index contributed by atoms with van der Waals surface area (Å²) in [6, 6.07) is 29.2. The number of pyridine rings is 1. The minimum absolute atomic E-state index is 0.191. The SMILES string of the molecule is CCOC(=O)Nc1c2c(c(OC(c3ccccc3)c3ccccc3)c3ncccc13)C(=O)N(Cc1ccc(F)cc1)C2. The number of anilines is 1. The Hall–Kier alpha value is -5.24. The molecule has 8 heteroatoms. The highest BCUT2D eigenvalue weighted by Gasteiger charge is 2.37. The quantitative estimate of drug-likeness (QED) is 0.216. The van der Waals surface area contributed by atoms with Gasteiger partial charge in [-0.3, -0.25) is 15.1 Å². The number of rotatable bonds is 8. The highest BCUT2D eigenvalue weighted by Crippen LogP contribution is 2.45. The molecule has 1 aliphatic heterocycles. The van der Waals surface area contributed by atoms with Crippen LogP contribution in [-0.2, 0) is 17.8 Å². The van der Waals surface area contributed by atoms with Crippen molar-refractivity contribution in [1.82, 2.24) is 9.88 Å². The maximum absolute atomic E-state index is 14.2. The summed E-state index contributed by atoms with van der Waals surface area (Å²) in [5.74, 6) is -0.292. The fourth-order valence-corrected chi connectivity index (χ4v) is 5.30. The van der Waals surface area contributed by atoms with Crippen molar-refractivity contribution in [2.24, 2.45) is 0 Å². The maximum Gasteiger partial charge on any atom is 0.411 e. The number of nitrogens with zero attached hydrogens (tertiary/aromatic N) is 2. The molecular weight excluding hydrogens is 533 g/mol. The predicted octanol–water partition coefficient (Wildman–Crippen LogP) is 7.27. The minimum Gasteiger partial charge on any atom is -0.478 e. The van der Waals surface area contributed by atoms with Gasteiger partial charge in [0.1, 0.15) is 17.4 Å². The van der Waals surface area contributed by atoms with E-state index in [1.807, 2.05) is 66.7 Å². The molecule has 2 amide bonds. The van der Waals surface area contributed by atoms with Gasteiger partial charge in [-0.1, -0.05) is 72.8 Å². The molecule has 210 valence electrons. The first-order valence-corrected chi connectivity index (χ1v) is 13.7. The van der Waals surface area contributed by atoms with Crippen molar-refractivity contribution in [2.45, 2.75) is 26.1 Å². The second kappa shape index (κ2) is 11.7.